The van der Waals surface area contributed by atoms with Crippen molar-refractivity contribution >= 4 is 23.4 Å². The van der Waals surface area contributed by atoms with Crippen LogP contribution in [0.25, 0.3) is 0 Å². The second-order valence-corrected chi connectivity index (χ2v) is 7.79. The minimum atomic E-state index is -0.0358. The van der Waals surface area contributed by atoms with Gasteiger partial charge in [0, 0.05) is 38.4 Å². The molecule has 34 heavy (non-hydrogen) atoms. The third kappa shape index (κ3) is 4.96. The summed E-state index contributed by atoms with van der Waals surface area (Å²) >= 11 is 0. The van der Waals surface area contributed by atoms with E-state index >= 15 is 0 Å². The van der Waals surface area contributed by atoms with Crippen LogP contribution in [0.2, 0.25) is 0 Å². The van der Waals surface area contributed by atoms with Gasteiger partial charge >= 0.3 is 0 Å². The first-order valence-electron chi connectivity index (χ1n) is 11.1. The highest BCUT2D eigenvalue weighted by Crippen LogP contribution is 2.27. The molecule has 0 bridgehead atoms. The van der Waals surface area contributed by atoms with Gasteiger partial charge in [0.05, 0.1) is 5.56 Å². The smallest absolute Gasteiger partial charge is 0.257 e. The van der Waals surface area contributed by atoms with Gasteiger partial charge in [-0.05, 0) is 36.4 Å². The first-order chi connectivity index (χ1) is 16.8. The van der Waals surface area contributed by atoms with Gasteiger partial charge < -0.3 is 19.9 Å². The Hall–Kier alpha value is -4.46. The number of aromatic nitrogens is 3. The summed E-state index contributed by atoms with van der Waals surface area (Å²) in [6.07, 6.45) is 3.26. The molecule has 3 heterocycles. The molecule has 1 aliphatic rings. The highest BCUT2D eigenvalue weighted by atomic mass is 16.5. The number of hydrogen-bond acceptors (Lipinski definition) is 7. The van der Waals surface area contributed by atoms with Gasteiger partial charge in [-0.2, -0.15) is 0 Å². The molecule has 2 aromatic carbocycles. The topological polar surface area (TPSA) is 83.5 Å². The third-order valence-electron chi connectivity index (χ3n) is 5.55. The number of pyridine rings is 1. The molecular weight excluding hydrogens is 428 g/mol. The van der Waals surface area contributed by atoms with Gasteiger partial charge in [0.25, 0.3) is 5.91 Å². The maximum atomic E-state index is 13.3. The number of nitrogens with one attached hydrogen (secondary N) is 1. The van der Waals surface area contributed by atoms with Crippen molar-refractivity contribution in [3.8, 4) is 11.5 Å². The van der Waals surface area contributed by atoms with Gasteiger partial charge in [0.2, 0.25) is 0 Å². The molecule has 5 rings (SSSR count). The minimum Gasteiger partial charge on any atom is -0.457 e. The lowest BCUT2D eigenvalue weighted by molar-refractivity contribution is 0.0744. The zero-order valence-corrected chi connectivity index (χ0v) is 18.5. The highest BCUT2D eigenvalue weighted by molar-refractivity contribution is 5.97. The van der Waals surface area contributed by atoms with Gasteiger partial charge in [-0.25, -0.2) is 15.0 Å². The van der Waals surface area contributed by atoms with E-state index < -0.39 is 0 Å². The van der Waals surface area contributed by atoms with Crippen molar-refractivity contribution in [2.75, 3.05) is 36.4 Å². The SMILES string of the molecule is O=C(c1ccccc1Oc1ccccc1)N1CCN(c2cc(Nc3ccccn3)ncn2)CC1. The zero-order valence-electron chi connectivity index (χ0n) is 18.5. The summed E-state index contributed by atoms with van der Waals surface area (Å²) in [5.74, 6) is 3.43. The van der Waals surface area contributed by atoms with Crippen molar-refractivity contribution in [3.05, 3.63) is 97.0 Å². The molecule has 1 fully saturated rings. The van der Waals surface area contributed by atoms with Gasteiger partial charge in [-0.15, -0.1) is 0 Å². The van der Waals surface area contributed by atoms with E-state index in [4.69, 9.17) is 4.74 Å². The lowest BCUT2D eigenvalue weighted by Gasteiger charge is -2.35. The van der Waals surface area contributed by atoms with E-state index in [2.05, 4.69) is 25.2 Å². The van der Waals surface area contributed by atoms with E-state index in [-0.39, 0.29) is 5.91 Å². The van der Waals surface area contributed by atoms with Crippen LogP contribution in [0, 0.1) is 0 Å². The van der Waals surface area contributed by atoms with Gasteiger partial charge in [0.1, 0.15) is 35.3 Å². The molecule has 1 aliphatic heterocycles. The molecule has 0 spiro atoms. The number of hydrogen-bond donors (Lipinski definition) is 1. The number of carbonyl (C=O) groups excluding carboxylic acids is 1. The summed E-state index contributed by atoms with van der Waals surface area (Å²) in [5.41, 5.74) is 0.559. The Labute approximate surface area is 197 Å². The van der Waals surface area contributed by atoms with Crippen LogP contribution in [0.3, 0.4) is 0 Å². The molecule has 0 atom stereocenters. The Morgan fingerprint density at radius 1 is 0.794 bits per heavy atom. The van der Waals surface area contributed by atoms with E-state index in [1.165, 1.54) is 6.33 Å². The van der Waals surface area contributed by atoms with Crippen LogP contribution < -0.4 is 15.0 Å². The van der Waals surface area contributed by atoms with Crippen molar-refractivity contribution in [1.82, 2.24) is 19.9 Å². The Balaban J connectivity index is 1.24. The Bertz CT molecular complexity index is 1240. The Morgan fingerprint density at radius 3 is 2.35 bits per heavy atom. The molecule has 4 aromatic rings. The number of anilines is 3. The maximum Gasteiger partial charge on any atom is 0.257 e. The van der Waals surface area contributed by atoms with E-state index in [0.717, 1.165) is 11.6 Å². The van der Waals surface area contributed by atoms with Crippen LogP contribution in [-0.4, -0.2) is 51.9 Å². The molecule has 0 aliphatic carbocycles. The van der Waals surface area contributed by atoms with Crippen LogP contribution in [0.5, 0.6) is 11.5 Å². The quantitative estimate of drug-likeness (QED) is 0.465. The van der Waals surface area contributed by atoms with Crippen molar-refractivity contribution in [3.63, 3.8) is 0 Å². The Kier molecular flexibility index (Phi) is 6.29. The summed E-state index contributed by atoms with van der Waals surface area (Å²) in [4.78, 5) is 30.3. The standard InChI is InChI=1S/C26H24N6O2/c33-26(21-10-4-5-11-22(21)34-20-8-2-1-3-9-20)32-16-14-31(15-17-32)25-18-24(28-19-29-25)30-23-12-6-7-13-27-23/h1-13,18-19H,14-17H2,(H,27,28,29,30). The molecule has 2 aromatic heterocycles. The van der Waals surface area contributed by atoms with E-state index in [1.807, 2.05) is 83.8 Å². The monoisotopic (exact) mass is 452 g/mol. The number of carbonyl (C=O) groups is 1. The zero-order chi connectivity index (χ0) is 23.2. The van der Waals surface area contributed by atoms with Crippen molar-refractivity contribution in [2.45, 2.75) is 0 Å². The third-order valence-corrected chi connectivity index (χ3v) is 5.55. The van der Waals surface area contributed by atoms with Gasteiger partial charge in [-0.1, -0.05) is 36.4 Å². The maximum absolute atomic E-state index is 13.3. The van der Waals surface area contributed by atoms with Gasteiger partial charge in [0.15, 0.2) is 0 Å². The average molecular weight is 453 g/mol. The Morgan fingerprint density at radius 2 is 1.56 bits per heavy atom. The van der Waals surface area contributed by atoms with Crippen LogP contribution in [0.1, 0.15) is 10.4 Å². The molecule has 1 amide bonds. The fraction of sp³-hybridized carbons (Fsp3) is 0.154. The second-order valence-electron chi connectivity index (χ2n) is 7.79. The molecule has 1 saturated heterocycles. The second kappa shape index (κ2) is 9.99. The molecule has 8 heteroatoms. The highest BCUT2D eigenvalue weighted by Gasteiger charge is 2.25. The molecule has 0 unspecified atom stereocenters. The van der Waals surface area contributed by atoms with Crippen molar-refractivity contribution in [2.24, 2.45) is 0 Å². The van der Waals surface area contributed by atoms with Crippen LogP contribution >= 0.6 is 0 Å². The molecule has 0 saturated carbocycles. The summed E-state index contributed by atoms with van der Waals surface area (Å²) in [6, 6.07) is 24.4. The summed E-state index contributed by atoms with van der Waals surface area (Å²) in [7, 11) is 0. The summed E-state index contributed by atoms with van der Waals surface area (Å²) in [5, 5.41) is 3.19. The molecule has 0 radical (unpaired) electrons. The molecule has 8 nitrogen and oxygen atoms in total. The number of rotatable bonds is 6. The van der Waals surface area contributed by atoms with E-state index in [1.54, 1.807) is 6.20 Å². The lowest BCUT2D eigenvalue weighted by Crippen LogP contribution is -2.49. The van der Waals surface area contributed by atoms with Gasteiger partial charge in [-0.3, -0.25) is 4.79 Å². The van der Waals surface area contributed by atoms with E-state index in [9.17, 15) is 4.79 Å². The van der Waals surface area contributed by atoms with Crippen LogP contribution in [0.4, 0.5) is 17.5 Å². The largest absolute Gasteiger partial charge is 0.457 e. The van der Waals surface area contributed by atoms with Crippen LogP contribution in [-0.2, 0) is 0 Å². The number of ether oxygens (including phenoxy) is 1. The number of amides is 1. The number of para-hydroxylation sites is 2. The summed E-state index contributed by atoms with van der Waals surface area (Å²) < 4.78 is 5.99. The minimum absolute atomic E-state index is 0.0358. The first kappa shape index (κ1) is 21.4. The molecule has 1 N–H and O–H groups in total. The van der Waals surface area contributed by atoms with E-state index in [0.29, 0.717) is 49.1 Å². The van der Waals surface area contributed by atoms with Crippen molar-refractivity contribution in [1.29, 1.82) is 0 Å². The predicted octanol–water partition coefficient (Wildman–Crippen LogP) is 4.37. The fourth-order valence-electron chi connectivity index (χ4n) is 3.81. The predicted molar refractivity (Wildman–Crippen MR) is 131 cm³/mol. The fourth-order valence-corrected chi connectivity index (χ4v) is 3.81. The molecular formula is C26H24N6O2. The van der Waals surface area contributed by atoms with Crippen LogP contribution in [0.15, 0.2) is 91.4 Å². The average Bonchev–Trinajstić information content (AvgIpc) is 2.90. The molecule has 170 valence electrons. The first-order valence-corrected chi connectivity index (χ1v) is 11.1. The number of nitrogens with zero attached hydrogens (tertiary/aromatic N) is 5. The van der Waals surface area contributed by atoms with Crippen molar-refractivity contribution < 1.29 is 9.53 Å². The summed E-state index contributed by atoms with van der Waals surface area (Å²) in [6.45, 7) is 2.53. The normalized spacial score (nSPS) is 13.4. The number of piperazine rings is 1. The number of benzene rings is 2. The lowest BCUT2D eigenvalue weighted by atomic mass is 10.1.